The number of rotatable bonds is 1. The molecule has 3 rings (SSSR count). The van der Waals surface area contributed by atoms with E-state index in [1.54, 1.807) is 0 Å². The highest BCUT2D eigenvalue weighted by molar-refractivity contribution is 5.83. The van der Waals surface area contributed by atoms with Crippen molar-refractivity contribution in [3.8, 4) is 0 Å². The van der Waals surface area contributed by atoms with Crippen molar-refractivity contribution in [2.24, 2.45) is 0 Å². The normalized spacial score (nSPS) is 16.7. The van der Waals surface area contributed by atoms with Gasteiger partial charge in [0.25, 0.3) is 0 Å². The average Bonchev–Trinajstić information content (AvgIpc) is 2.39. The highest BCUT2D eigenvalue weighted by atomic mass is 14.9. The number of benzene rings is 2. The number of nitrogen functional groups attached to an aromatic ring is 1. The lowest BCUT2D eigenvalue weighted by atomic mass is 9.84. The van der Waals surface area contributed by atoms with Crippen LogP contribution in [0.4, 0.5) is 17.1 Å². The third kappa shape index (κ3) is 1.79. The molecular formula is C17H20N2. The first kappa shape index (κ1) is 12.1. The van der Waals surface area contributed by atoms with Crippen molar-refractivity contribution in [2.75, 3.05) is 11.1 Å². The standard InChI is InChI=1S/C17H20N2/c1-10(2)12-6-4-7-13-11(3)14-8-5-9-15(18)17(14)19-16(12)13/h4-11,19H,18H2,1-3H3. The molecule has 0 aromatic heterocycles. The van der Waals surface area contributed by atoms with Gasteiger partial charge in [0.05, 0.1) is 11.4 Å². The zero-order valence-corrected chi connectivity index (χ0v) is 11.7. The fraction of sp³-hybridized carbons (Fsp3) is 0.294. The summed E-state index contributed by atoms with van der Waals surface area (Å²) in [6.45, 7) is 6.71. The van der Waals surface area contributed by atoms with E-state index in [1.807, 2.05) is 12.1 Å². The lowest BCUT2D eigenvalue weighted by molar-refractivity contribution is 0.848. The van der Waals surface area contributed by atoms with Crippen LogP contribution in [-0.4, -0.2) is 0 Å². The molecule has 0 saturated heterocycles. The first-order valence-electron chi connectivity index (χ1n) is 6.87. The third-order valence-corrected chi connectivity index (χ3v) is 4.06. The van der Waals surface area contributed by atoms with Crippen molar-refractivity contribution >= 4 is 17.1 Å². The lowest BCUT2D eigenvalue weighted by Gasteiger charge is -2.30. The van der Waals surface area contributed by atoms with Gasteiger partial charge < -0.3 is 11.1 Å². The predicted molar refractivity (Wildman–Crippen MR) is 82.2 cm³/mol. The van der Waals surface area contributed by atoms with Gasteiger partial charge in [-0.15, -0.1) is 0 Å². The quantitative estimate of drug-likeness (QED) is 0.728. The molecule has 2 heteroatoms. The van der Waals surface area contributed by atoms with E-state index in [2.05, 4.69) is 50.4 Å². The zero-order valence-electron chi connectivity index (χ0n) is 11.7. The Hall–Kier alpha value is -1.96. The van der Waals surface area contributed by atoms with Gasteiger partial charge in [-0.25, -0.2) is 0 Å². The second kappa shape index (κ2) is 4.30. The fourth-order valence-electron chi connectivity index (χ4n) is 2.96. The monoisotopic (exact) mass is 252 g/mol. The Labute approximate surface area is 114 Å². The fourth-order valence-corrected chi connectivity index (χ4v) is 2.96. The largest absolute Gasteiger partial charge is 0.397 e. The van der Waals surface area contributed by atoms with E-state index in [4.69, 9.17) is 5.73 Å². The number of fused-ring (bicyclic) bond motifs is 2. The van der Waals surface area contributed by atoms with E-state index in [-0.39, 0.29) is 0 Å². The van der Waals surface area contributed by atoms with Crippen LogP contribution in [0, 0.1) is 0 Å². The first-order valence-corrected chi connectivity index (χ1v) is 6.87. The Bertz CT molecular complexity index is 629. The maximum absolute atomic E-state index is 6.12. The molecule has 1 aliphatic rings. The van der Waals surface area contributed by atoms with Crippen LogP contribution >= 0.6 is 0 Å². The number of para-hydroxylation sites is 2. The van der Waals surface area contributed by atoms with Crippen LogP contribution < -0.4 is 11.1 Å². The molecule has 98 valence electrons. The minimum absolute atomic E-state index is 0.383. The minimum atomic E-state index is 0.383. The molecule has 2 aromatic carbocycles. The summed E-state index contributed by atoms with van der Waals surface area (Å²) in [5.41, 5.74) is 13.3. The van der Waals surface area contributed by atoms with Gasteiger partial charge in [0.2, 0.25) is 0 Å². The molecule has 0 bridgehead atoms. The summed E-state index contributed by atoms with van der Waals surface area (Å²) in [5, 5.41) is 3.56. The Morgan fingerprint density at radius 2 is 1.63 bits per heavy atom. The molecule has 0 amide bonds. The van der Waals surface area contributed by atoms with E-state index in [1.165, 1.54) is 22.4 Å². The second-order valence-electron chi connectivity index (χ2n) is 5.62. The Balaban J connectivity index is 2.22. The minimum Gasteiger partial charge on any atom is -0.397 e. The van der Waals surface area contributed by atoms with Crippen molar-refractivity contribution in [3.05, 3.63) is 53.1 Å². The van der Waals surface area contributed by atoms with Crippen LogP contribution in [-0.2, 0) is 0 Å². The lowest BCUT2D eigenvalue weighted by Crippen LogP contribution is -2.14. The highest BCUT2D eigenvalue weighted by Gasteiger charge is 2.25. The van der Waals surface area contributed by atoms with Gasteiger partial charge in [0.15, 0.2) is 0 Å². The van der Waals surface area contributed by atoms with Gasteiger partial charge in [0.1, 0.15) is 0 Å². The second-order valence-corrected chi connectivity index (χ2v) is 5.62. The number of hydrogen-bond acceptors (Lipinski definition) is 2. The summed E-state index contributed by atoms with van der Waals surface area (Å²) < 4.78 is 0. The van der Waals surface area contributed by atoms with Crippen molar-refractivity contribution in [1.29, 1.82) is 0 Å². The molecule has 1 heterocycles. The zero-order chi connectivity index (χ0) is 13.6. The molecule has 0 saturated carbocycles. The summed E-state index contributed by atoms with van der Waals surface area (Å²) in [6.07, 6.45) is 0. The molecule has 0 radical (unpaired) electrons. The molecular weight excluding hydrogens is 232 g/mol. The van der Waals surface area contributed by atoms with Crippen molar-refractivity contribution < 1.29 is 0 Å². The SMILES string of the molecule is CC(C)c1cccc2c1Nc1c(N)cccc1C2C. The van der Waals surface area contributed by atoms with E-state index in [9.17, 15) is 0 Å². The molecule has 1 aliphatic heterocycles. The van der Waals surface area contributed by atoms with E-state index < -0.39 is 0 Å². The summed E-state index contributed by atoms with van der Waals surface area (Å²) >= 11 is 0. The molecule has 0 fully saturated rings. The van der Waals surface area contributed by atoms with E-state index >= 15 is 0 Å². The Morgan fingerprint density at radius 1 is 1.00 bits per heavy atom. The van der Waals surface area contributed by atoms with E-state index in [0.29, 0.717) is 11.8 Å². The van der Waals surface area contributed by atoms with Crippen molar-refractivity contribution in [2.45, 2.75) is 32.6 Å². The highest BCUT2D eigenvalue weighted by Crippen LogP contribution is 2.45. The molecule has 2 aromatic rings. The van der Waals surface area contributed by atoms with Gasteiger partial charge in [0, 0.05) is 11.6 Å². The van der Waals surface area contributed by atoms with Crippen molar-refractivity contribution in [3.63, 3.8) is 0 Å². The van der Waals surface area contributed by atoms with Crippen LogP contribution in [0.15, 0.2) is 36.4 Å². The summed E-state index contributed by atoms with van der Waals surface area (Å²) in [7, 11) is 0. The van der Waals surface area contributed by atoms with Crippen molar-refractivity contribution in [1.82, 2.24) is 0 Å². The maximum atomic E-state index is 6.12. The van der Waals surface area contributed by atoms with Crippen LogP contribution in [0.1, 0.15) is 49.3 Å². The van der Waals surface area contributed by atoms with Gasteiger partial charge in [-0.05, 0) is 28.7 Å². The third-order valence-electron chi connectivity index (χ3n) is 4.06. The molecule has 19 heavy (non-hydrogen) atoms. The van der Waals surface area contributed by atoms with E-state index in [0.717, 1.165) is 11.4 Å². The molecule has 1 unspecified atom stereocenters. The van der Waals surface area contributed by atoms with Crippen LogP contribution in [0.5, 0.6) is 0 Å². The summed E-state index contributed by atoms with van der Waals surface area (Å²) in [4.78, 5) is 0. The summed E-state index contributed by atoms with van der Waals surface area (Å²) in [6, 6.07) is 12.7. The summed E-state index contributed by atoms with van der Waals surface area (Å²) in [5.74, 6) is 0.884. The molecule has 2 nitrogen and oxygen atoms in total. The van der Waals surface area contributed by atoms with Gasteiger partial charge >= 0.3 is 0 Å². The topological polar surface area (TPSA) is 38.0 Å². The number of nitrogens with two attached hydrogens (primary N) is 1. The molecule has 1 atom stereocenters. The van der Waals surface area contributed by atoms with Gasteiger partial charge in [-0.1, -0.05) is 51.1 Å². The average molecular weight is 252 g/mol. The Kier molecular flexibility index (Phi) is 2.74. The molecule has 0 aliphatic carbocycles. The number of anilines is 3. The van der Waals surface area contributed by atoms with Gasteiger partial charge in [-0.3, -0.25) is 0 Å². The maximum Gasteiger partial charge on any atom is 0.0656 e. The number of nitrogens with one attached hydrogen (secondary N) is 1. The van der Waals surface area contributed by atoms with Crippen LogP contribution in [0.2, 0.25) is 0 Å². The Morgan fingerprint density at radius 3 is 2.32 bits per heavy atom. The number of hydrogen-bond donors (Lipinski definition) is 2. The van der Waals surface area contributed by atoms with Gasteiger partial charge in [-0.2, -0.15) is 0 Å². The van der Waals surface area contributed by atoms with Crippen LogP contribution in [0.25, 0.3) is 0 Å². The van der Waals surface area contributed by atoms with Crippen LogP contribution in [0.3, 0.4) is 0 Å². The molecule has 0 spiro atoms. The predicted octanol–water partition coefficient (Wildman–Crippen LogP) is 4.60. The molecule has 3 N–H and O–H groups in total. The smallest absolute Gasteiger partial charge is 0.0656 e. The first-order chi connectivity index (χ1) is 9.09.